The van der Waals surface area contributed by atoms with Crippen LogP contribution in [0.15, 0.2) is 70.0 Å². The SMILES string of the molecule is Cc1cccc(C(=O)Nc2ccccc2OCc2cc(=O)n3oc(C)cc3n2)c1. The summed E-state index contributed by atoms with van der Waals surface area (Å²) >= 11 is 0. The minimum atomic E-state index is -0.317. The molecule has 0 aliphatic carbocycles. The number of rotatable bonds is 5. The molecular weight excluding hydrogens is 370 g/mol. The number of carbonyl (C=O) groups is 1. The van der Waals surface area contributed by atoms with Gasteiger partial charge in [-0.15, -0.1) is 4.57 Å². The van der Waals surface area contributed by atoms with Crippen molar-refractivity contribution in [1.29, 1.82) is 0 Å². The number of nitrogens with one attached hydrogen (secondary N) is 1. The van der Waals surface area contributed by atoms with Gasteiger partial charge >= 0.3 is 0 Å². The van der Waals surface area contributed by atoms with Crippen molar-refractivity contribution in [3.8, 4) is 5.75 Å². The van der Waals surface area contributed by atoms with E-state index in [1.807, 2.05) is 37.3 Å². The summed E-state index contributed by atoms with van der Waals surface area (Å²) in [7, 11) is 0. The Kier molecular flexibility index (Phi) is 4.87. The van der Waals surface area contributed by atoms with Crippen LogP contribution in [-0.2, 0) is 6.61 Å². The third-order valence-electron chi connectivity index (χ3n) is 4.32. The minimum Gasteiger partial charge on any atom is -0.485 e. The molecule has 1 N–H and O–H groups in total. The first-order valence-electron chi connectivity index (χ1n) is 9.09. The minimum absolute atomic E-state index is 0.0767. The quantitative estimate of drug-likeness (QED) is 0.562. The van der Waals surface area contributed by atoms with Crippen molar-refractivity contribution in [2.45, 2.75) is 20.5 Å². The van der Waals surface area contributed by atoms with Crippen LogP contribution in [0.1, 0.15) is 27.4 Å². The summed E-state index contributed by atoms with van der Waals surface area (Å²) in [4.78, 5) is 29.1. The van der Waals surface area contributed by atoms with Crippen LogP contribution < -0.4 is 15.6 Å². The molecule has 0 unspecified atom stereocenters. The fraction of sp³-hybridized carbons (Fsp3) is 0.136. The van der Waals surface area contributed by atoms with Gasteiger partial charge in [-0.1, -0.05) is 29.8 Å². The molecule has 4 rings (SSSR count). The highest BCUT2D eigenvalue weighted by Gasteiger charge is 2.12. The molecule has 0 aliphatic rings. The van der Waals surface area contributed by atoms with Crippen LogP contribution in [0, 0.1) is 13.8 Å². The van der Waals surface area contributed by atoms with Crippen molar-refractivity contribution in [2.75, 3.05) is 5.32 Å². The second-order valence-corrected chi connectivity index (χ2v) is 6.69. The Balaban J connectivity index is 1.53. The maximum atomic E-state index is 12.6. The molecule has 2 heterocycles. The Morgan fingerprint density at radius 2 is 1.93 bits per heavy atom. The zero-order chi connectivity index (χ0) is 20.4. The predicted molar refractivity (Wildman–Crippen MR) is 108 cm³/mol. The smallest absolute Gasteiger partial charge is 0.287 e. The predicted octanol–water partition coefficient (Wildman–Crippen LogP) is 3.74. The van der Waals surface area contributed by atoms with E-state index in [1.54, 1.807) is 31.2 Å². The number of aromatic nitrogens is 2. The van der Waals surface area contributed by atoms with Crippen molar-refractivity contribution in [2.24, 2.45) is 0 Å². The van der Waals surface area contributed by atoms with Crippen LogP contribution in [-0.4, -0.2) is 15.5 Å². The van der Waals surface area contributed by atoms with E-state index in [0.29, 0.717) is 34.1 Å². The summed E-state index contributed by atoms with van der Waals surface area (Å²) in [5, 5.41) is 2.87. The number of fused-ring (bicyclic) bond motifs is 1. The van der Waals surface area contributed by atoms with Gasteiger partial charge in [-0.25, -0.2) is 4.98 Å². The van der Waals surface area contributed by atoms with Crippen LogP contribution in [0.4, 0.5) is 5.69 Å². The van der Waals surface area contributed by atoms with Gasteiger partial charge in [0, 0.05) is 17.7 Å². The molecular formula is C22H19N3O4. The Morgan fingerprint density at radius 3 is 2.76 bits per heavy atom. The first-order valence-corrected chi connectivity index (χ1v) is 9.09. The van der Waals surface area contributed by atoms with E-state index in [1.165, 1.54) is 6.07 Å². The first kappa shape index (κ1) is 18.5. The van der Waals surface area contributed by atoms with Crippen LogP contribution in [0.3, 0.4) is 0 Å². The number of benzene rings is 2. The number of amides is 1. The average molecular weight is 389 g/mol. The highest BCUT2D eigenvalue weighted by molar-refractivity contribution is 6.05. The third kappa shape index (κ3) is 4.03. The second kappa shape index (κ2) is 7.63. The number of hydrogen-bond donors (Lipinski definition) is 1. The number of para-hydroxylation sites is 2. The molecule has 2 aromatic heterocycles. The van der Waals surface area contributed by atoms with Crippen LogP contribution in [0.25, 0.3) is 5.65 Å². The van der Waals surface area contributed by atoms with Crippen LogP contribution in [0.5, 0.6) is 5.75 Å². The Hall–Kier alpha value is -3.87. The van der Waals surface area contributed by atoms with E-state index < -0.39 is 0 Å². The third-order valence-corrected chi connectivity index (χ3v) is 4.32. The maximum Gasteiger partial charge on any atom is 0.287 e. The van der Waals surface area contributed by atoms with Gasteiger partial charge in [0.1, 0.15) is 18.1 Å². The molecule has 146 valence electrons. The number of ether oxygens (including phenoxy) is 1. The Labute approximate surface area is 166 Å². The van der Waals surface area contributed by atoms with E-state index in [4.69, 9.17) is 9.26 Å². The van der Waals surface area contributed by atoms with Gasteiger partial charge in [-0.2, -0.15) is 0 Å². The van der Waals surface area contributed by atoms with Gasteiger partial charge in [0.25, 0.3) is 11.5 Å². The van der Waals surface area contributed by atoms with E-state index >= 15 is 0 Å². The molecule has 0 bridgehead atoms. The monoisotopic (exact) mass is 389 g/mol. The summed E-state index contributed by atoms with van der Waals surface area (Å²) in [6.07, 6.45) is 0. The molecule has 0 spiro atoms. The average Bonchev–Trinajstić information content (AvgIpc) is 3.08. The zero-order valence-corrected chi connectivity index (χ0v) is 16.0. The van der Waals surface area contributed by atoms with Gasteiger partial charge in [0.2, 0.25) is 0 Å². The number of carbonyl (C=O) groups excluding carboxylic acids is 1. The molecule has 29 heavy (non-hydrogen) atoms. The summed E-state index contributed by atoms with van der Waals surface area (Å²) in [6.45, 7) is 3.76. The summed E-state index contributed by atoms with van der Waals surface area (Å²) in [5.74, 6) is 0.854. The lowest BCUT2D eigenvalue weighted by atomic mass is 10.1. The molecule has 2 aromatic carbocycles. The van der Waals surface area contributed by atoms with Gasteiger partial charge in [0.05, 0.1) is 11.4 Å². The second-order valence-electron chi connectivity index (χ2n) is 6.69. The number of anilines is 1. The molecule has 0 atom stereocenters. The van der Waals surface area contributed by atoms with Gasteiger partial charge < -0.3 is 14.6 Å². The molecule has 0 saturated carbocycles. The standard InChI is InChI=1S/C22H19N3O4/c1-14-6-5-7-16(10-14)22(27)24-18-8-3-4-9-19(18)28-13-17-12-21(26)25-20(23-17)11-15(2)29-25/h3-12H,13H2,1-2H3,(H,24,27). The highest BCUT2D eigenvalue weighted by atomic mass is 16.5. The lowest BCUT2D eigenvalue weighted by Gasteiger charge is -2.12. The van der Waals surface area contributed by atoms with Crippen molar-refractivity contribution in [3.05, 3.63) is 93.6 Å². The fourth-order valence-corrected chi connectivity index (χ4v) is 2.98. The fourth-order valence-electron chi connectivity index (χ4n) is 2.98. The first-order chi connectivity index (χ1) is 14.0. The van der Waals surface area contributed by atoms with E-state index in [2.05, 4.69) is 10.3 Å². The molecule has 4 aromatic rings. The largest absolute Gasteiger partial charge is 0.485 e. The molecule has 0 saturated heterocycles. The van der Waals surface area contributed by atoms with E-state index in [0.717, 1.165) is 10.1 Å². The van der Waals surface area contributed by atoms with Crippen LogP contribution >= 0.6 is 0 Å². The lowest BCUT2D eigenvalue weighted by Crippen LogP contribution is -2.15. The zero-order valence-electron chi connectivity index (χ0n) is 16.0. The summed E-state index contributed by atoms with van der Waals surface area (Å²) < 4.78 is 12.3. The van der Waals surface area contributed by atoms with Crippen molar-refractivity contribution >= 4 is 17.2 Å². The Bertz CT molecular complexity index is 1260. The molecule has 7 nitrogen and oxygen atoms in total. The number of hydrogen-bond acceptors (Lipinski definition) is 5. The van der Waals surface area contributed by atoms with Gasteiger partial charge in [-0.3, -0.25) is 9.59 Å². The maximum absolute atomic E-state index is 12.6. The molecule has 1 amide bonds. The molecule has 7 heteroatoms. The van der Waals surface area contributed by atoms with Crippen LogP contribution in [0.2, 0.25) is 0 Å². The number of nitrogens with zero attached hydrogens (tertiary/aromatic N) is 2. The van der Waals surface area contributed by atoms with E-state index in [-0.39, 0.29) is 18.1 Å². The molecule has 0 fully saturated rings. The van der Waals surface area contributed by atoms with Crippen molar-refractivity contribution < 1.29 is 14.1 Å². The van der Waals surface area contributed by atoms with Gasteiger partial charge in [0.15, 0.2) is 5.65 Å². The molecule has 0 aliphatic heterocycles. The highest BCUT2D eigenvalue weighted by Crippen LogP contribution is 2.25. The molecule has 0 radical (unpaired) electrons. The normalized spacial score (nSPS) is 10.8. The van der Waals surface area contributed by atoms with Crippen molar-refractivity contribution in [3.63, 3.8) is 0 Å². The Morgan fingerprint density at radius 1 is 1.10 bits per heavy atom. The lowest BCUT2D eigenvalue weighted by molar-refractivity contribution is 0.102. The van der Waals surface area contributed by atoms with Gasteiger partial charge in [-0.05, 0) is 38.1 Å². The summed E-state index contributed by atoms with van der Waals surface area (Å²) in [5.41, 5.74) is 2.68. The summed E-state index contributed by atoms with van der Waals surface area (Å²) in [6, 6.07) is 17.5. The topological polar surface area (TPSA) is 85.8 Å². The number of aryl methyl sites for hydroxylation is 2. The van der Waals surface area contributed by atoms with Crippen molar-refractivity contribution in [1.82, 2.24) is 9.56 Å². The van der Waals surface area contributed by atoms with E-state index in [9.17, 15) is 9.59 Å².